The molecule has 2 heterocycles. The van der Waals surface area contributed by atoms with Crippen LogP contribution in [0.2, 0.25) is 5.02 Å². The van der Waals surface area contributed by atoms with Crippen molar-refractivity contribution in [3.05, 3.63) is 63.6 Å². The number of fused-ring (bicyclic) bond motifs is 1. The molecule has 2 aromatic carbocycles. The molecule has 0 spiro atoms. The molecule has 1 saturated heterocycles. The van der Waals surface area contributed by atoms with Gasteiger partial charge in [0, 0.05) is 43.0 Å². The number of halogens is 4. The third kappa shape index (κ3) is 4.02. The summed E-state index contributed by atoms with van der Waals surface area (Å²) in [7, 11) is 0. The fourth-order valence-corrected chi connectivity index (χ4v) is 3.68. The second-order valence-corrected chi connectivity index (χ2v) is 7.42. The van der Waals surface area contributed by atoms with Crippen molar-refractivity contribution in [3.63, 3.8) is 0 Å². The van der Waals surface area contributed by atoms with Crippen LogP contribution in [0.1, 0.15) is 5.56 Å². The van der Waals surface area contributed by atoms with Gasteiger partial charge in [0.1, 0.15) is 6.54 Å². The lowest BCUT2D eigenvalue weighted by Crippen LogP contribution is -2.50. The zero-order chi connectivity index (χ0) is 21.5. The predicted octanol–water partition coefficient (Wildman–Crippen LogP) is 3.62. The van der Waals surface area contributed by atoms with E-state index < -0.39 is 17.5 Å². The van der Waals surface area contributed by atoms with Crippen molar-refractivity contribution in [1.29, 1.82) is 0 Å². The molecular weight excluding hydrogens is 423 g/mol. The number of benzene rings is 2. The van der Waals surface area contributed by atoms with E-state index in [0.717, 1.165) is 12.1 Å². The van der Waals surface area contributed by atoms with Gasteiger partial charge in [-0.15, -0.1) is 0 Å². The third-order valence-corrected chi connectivity index (χ3v) is 5.33. The average molecular weight is 440 g/mol. The Hall–Kier alpha value is -2.94. The van der Waals surface area contributed by atoms with E-state index >= 15 is 0 Å². The summed E-state index contributed by atoms with van der Waals surface area (Å²) in [6.45, 7) is 1.28. The van der Waals surface area contributed by atoms with Gasteiger partial charge in [0.2, 0.25) is 5.91 Å². The Morgan fingerprint density at radius 2 is 1.80 bits per heavy atom. The molecule has 0 N–H and O–H groups in total. The Labute approximate surface area is 174 Å². The Morgan fingerprint density at radius 3 is 2.50 bits per heavy atom. The molecule has 0 aliphatic carbocycles. The van der Waals surface area contributed by atoms with E-state index in [0.29, 0.717) is 48.0 Å². The summed E-state index contributed by atoms with van der Waals surface area (Å²) in [5, 5.41) is 0.417. The summed E-state index contributed by atoms with van der Waals surface area (Å²) in [5.74, 6) is -0.915. The number of hydrogen-bond acceptors (Lipinski definition) is 4. The molecule has 158 valence electrons. The monoisotopic (exact) mass is 439 g/mol. The molecule has 0 saturated carbocycles. The van der Waals surface area contributed by atoms with Crippen molar-refractivity contribution in [2.75, 3.05) is 31.1 Å². The van der Waals surface area contributed by atoms with Gasteiger partial charge in [-0.1, -0.05) is 17.7 Å². The summed E-state index contributed by atoms with van der Waals surface area (Å²) in [6, 6.07) is 9.86. The van der Waals surface area contributed by atoms with Gasteiger partial charge in [-0.05, 0) is 30.3 Å². The van der Waals surface area contributed by atoms with Crippen LogP contribution in [-0.2, 0) is 17.5 Å². The molecule has 1 aromatic heterocycles. The molecule has 0 radical (unpaired) electrons. The second kappa shape index (κ2) is 7.71. The lowest BCUT2D eigenvalue weighted by Gasteiger charge is -2.36. The molecule has 30 heavy (non-hydrogen) atoms. The normalized spacial score (nSPS) is 15.1. The molecule has 3 aromatic rings. The number of carbonyl (C=O) groups is 1. The molecule has 10 heteroatoms. The fourth-order valence-electron chi connectivity index (χ4n) is 3.52. The van der Waals surface area contributed by atoms with Crippen LogP contribution >= 0.6 is 11.6 Å². The largest absolute Gasteiger partial charge is 0.420 e. The molecule has 4 rings (SSSR count). The highest BCUT2D eigenvalue weighted by Crippen LogP contribution is 2.32. The van der Waals surface area contributed by atoms with Gasteiger partial charge >= 0.3 is 11.9 Å². The van der Waals surface area contributed by atoms with Crippen LogP contribution in [0.5, 0.6) is 0 Å². The maximum atomic E-state index is 12.9. The van der Waals surface area contributed by atoms with Crippen LogP contribution in [0, 0.1) is 0 Å². The van der Waals surface area contributed by atoms with Crippen molar-refractivity contribution in [3.8, 4) is 0 Å². The molecule has 0 atom stereocenters. The predicted molar refractivity (Wildman–Crippen MR) is 106 cm³/mol. The quantitative estimate of drug-likeness (QED) is 0.625. The second-order valence-electron chi connectivity index (χ2n) is 6.98. The first-order valence-corrected chi connectivity index (χ1v) is 9.59. The van der Waals surface area contributed by atoms with E-state index in [1.54, 1.807) is 28.0 Å². The summed E-state index contributed by atoms with van der Waals surface area (Å²) >= 11 is 5.89. The zero-order valence-electron chi connectivity index (χ0n) is 15.7. The standard InChI is InChI=1S/C20H17ClF3N3O3/c21-14-4-5-16-17(11-14)30-19(29)27(16)12-18(28)26-8-6-25(7-9-26)15-3-1-2-13(10-15)20(22,23)24/h1-5,10-11H,6-9,12H2. The van der Waals surface area contributed by atoms with Crippen LogP contribution in [0.3, 0.4) is 0 Å². The van der Waals surface area contributed by atoms with Crippen LogP contribution in [0.4, 0.5) is 18.9 Å². The number of anilines is 1. The van der Waals surface area contributed by atoms with E-state index in [2.05, 4.69) is 0 Å². The lowest BCUT2D eigenvalue weighted by molar-refractivity contribution is -0.137. The SMILES string of the molecule is O=C(Cn1c(=O)oc2cc(Cl)ccc21)N1CCN(c2cccc(C(F)(F)F)c2)CC1. The van der Waals surface area contributed by atoms with E-state index in [-0.39, 0.29) is 12.5 Å². The summed E-state index contributed by atoms with van der Waals surface area (Å²) in [4.78, 5) is 28.2. The minimum Gasteiger partial charge on any atom is -0.408 e. The number of rotatable bonds is 3. The number of amides is 1. The number of alkyl halides is 3. The highest BCUT2D eigenvalue weighted by Gasteiger charge is 2.31. The number of piperazine rings is 1. The van der Waals surface area contributed by atoms with Crippen LogP contribution in [-0.4, -0.2) is 41.6 Å². The van der Waals surface area contributed by atoms with Crippen molar-refractivity contribution in [2.24, 2.45) is 0 Å². The zero-order valence-corrected chi connectivity index (χ0v) is 16.4. The molecule has 1 amide bonds. The van der Waals surface area contributed by atoms with Gasteiger partial charge in [0.15, 0.2) is 5.58 Å². The molecule has 1 aliphatic heterocycles. The number of aromatic nitrogens is 1. The van der Waals surface area contributed by atoms with Crippen molar-refractivity contribution in [2.45, 2.75) is 12.7 Å². The summed E-state index contributed by atoms with van der Waals surface area (Å²) in [6.07, 6.45) is -4.40. The average Bonchev–Trinajstić information content (AvgIpc) is 3.01. The van der Waals surface area contributed by atoms with Crippen LogP contribution < -0.4 is 10.7 Å². The fraction of sp³-hybridized carbons (Fsp3) is 0.300. The van der Waals surface area contributed by atoms with E-state index in [1.807, 2.05) is 0 Å². The topological polar surface area (TPSA) is 58.7 Å². The Morgan fingerprint density at radius 1 is 1.07 bits per heavy atom. The highest BCUT2D eigenvalue weighted by molar-refractivity contribution is 6.31. The maximum Gasteiger partial charge on any atom is 0.420 e. The van der Waals surface area contributed by atoms with Gasteiger partial charge in [-0.3, -0.25) is 9.36 Å². The van der Waals surface area contributed by atoms with Gasteiger partial charge in [0.05, 0.1) is 11.1 Å². The first kappa shape index (κ1) is 20.3. The first-order chi connectivity index (χ1) is 14.2. The van der Waals surface area contributed by atoms with Crippen molar-refractivity contribution >= 4 is 34.3 Å². The van der Waals surface area contributed by atoms with Crippen LogP contribution in [0.15, 0.2) is 51.7 Å². The van der Waals surface area contributed by atoms with Crippen molar-refractivity contribution < 1.29 is 22.4 Å². The number of hydrogen-bond donors (Lipinski definition) is 0. The highest BCUT2D eigenvalue weighted by atomic mass is 35.5. The minimum atomic E-state index is -4.40. The molecule has 1 aliphatic rings. The number of carbonyl (C=O) groups excluding carboxylic acids is 1. The molecule has 0 unspecified atom stereocenters. The lowest BCUT2D eigenvalue weighted by atomic mass is 10.1. The Balaban J connectivity index is 1.43. The summed E-state index contributed by atoms with van der Waals surface area (Å²) in [5.41, 5.74) is 0.533. The maximum absolute atomic E-state index is 12.9. The van der Waals surface area contributed by atoms with Gasteiger partial charge in [0.25, 0.3) is 0 Å². The van der Waals surface area contributed by atoms with E-state index in [4.69, 9.17) is 16.0 Å². The molecular formula is C20H17ClF3N3O3. The number of nitrogens with zero attached hydrogens (tertiary/aromatic N) is 3. The summed E-state index contributed by atoms with van der Waals surface area (Å²) < 4.78 is 45.2. The van der Waals surface area contributed by atoms with E-state index in [1.165, 1.54) is 16.7 Å². The van der Waals surface area contributed by atoms with Crippen molar-refractivity contribution in [1.82, 2.24) is 9.47 Å². The molecule has 1 fully saturated rings. The third-order valence-electron chi connectivity index (χ3n) is 5.09. The number of oxazole rings is 1. The first-order valence-electron chi connectivity index (χ1n) is 9.21. The van der Waals surface area contributed by atoms with Gasteiger partial charge in [-0.25, -0.2) is 4.79 Å². The minimum absolute atomic E-state index is 0.184. The van der Waals surface area contributed by atoms with E-state index in [9.17, 15) is 22.8 Å². The molecule has 0 bridgehead atoms. The van der Waals surface area contributed by atoms with Gasteiger partial charge in [-0.2, -0.15) is 13.2 Å². The smallest absolute Gasteiger partial charge is 0.408 e. The van der Waals surface area contributed by atoms with Crippen LogP contribution in [0.25, 0.3) is 11.1 Å². The Bertz CT molecular complexity index is 1150. The Kier molecular flexibility index (Phi) is 5.23. The van der Waals surface area contributed by atoms with Gasteiger partial charge < -0.3 is 14.2 Å². The molecule has 6 nitrogen and oxygen atoms in total.